The molecule has 5 heteroatoms. The molecule has 1 aromatic heterocycles. The summed E-state index contributed by atoms with van der Waals surface area (Å²) in [7, 11) is 3.79. The van der Waals surface area contributed by atoms with Crippen LogP contribution in [0.1, 0.15) is 36.9 Å². The number of ether oxygens (including phenoxy) is 1. The average Bonchev–Trinajstić information content (AvgIpc) is 2.97. The molecule has 1 aromatic rings. The van der Waals surface area contributed by atoms with Crippen molar-refractivity contribution in [2.45, 2.75) is 49.4 Å². The molecule has 0 bridgehead atoms. The fraction of sp³-hybridized carbons (Fsp3) is 0.786. The second-order valence-electron chi connectivity index (χ2n) is 5.19. The summed E-state index contributed by atoms with van der Waals surface area (Å²) in [5.41, 5.74) is 2.50. The number of aryl methyl sites for hydroxylation is 2. The summed E-state index contributed by atoms with van der Waals surface area (Å²) in [5.74, 6) is 0. The van der Waals surface area contributed by atoms with Crippen molar-refractivity contribution in [2.24, 2.45) is 7.05 Å². The van der Waals surface area contributed by atoms with Gasteiger partial charge in [-0.3, -0.25) is 4.68 Å². The van der Waals surface area contributed by atoms with Crippen molar-refractivity contribution >= 4 is 11.8 Å². The number of hydrogen-bond donors (Lipinski definition) is 1. The second kappa shape index (κ2) is 7.31. The third kappa shape index (κ3) is 3.97. The van der Waals surface area contributed by atoms with Gasteiger partial charge in [-0.25, -0.2) is 0 Å². The molecular weight excluding hydrogens is 258 g/mol. The lowest BCUT2D eigenvalue weighted by Gasteiger charge is -2.12. The van der Waals surface area contributed by atoms with Crippen molar-refractivity contribution in [3.05, 3.63) is 11.3 Å². The maximum atomic E-state index is 5.06. The monoisotopic (exact) mass is 283 g/mol. The fourth-order valence-corrected chi connectivity index (χ4v) is 4.02. The van der Waals surface area contributed by atoms with Gasteiger partial charge in [-0.2, -0.15) is 5.10 Å². The number of rotatable bonds is 7. The van der Waals surface area contributed by atoms with E-state index in [2.05, 4.69) is 24.4 Å². The molecular formula is C14H25N3OS. The lowest BCUT2D eigenvalue weighted by molar-refractivity contribution is 0.199. The topological polar surface area (TPSA) is 39.1 Å². The maximum Gasteiger partial charge on any atom is 0.0987 e. The Morgan fingerprint density at radius 1 is 1.42 bits per heavy atom. The minimum atomic E-state index is 0.754. The van der Waals surface area contributed by atoms with Crippen LogP contribution in [0.4, 0.5) is 0 Å². The molecule has 1 saturated carbocycles. The highest BCUT2D eigenvalue weighted by Gasteiger charge is 2.21. The van der Waals surface area contributed by atoms with E-state index in [9.17, 15) is 0 Å². The van der Waals surface area contributed by atoms with E-state index in [0.717, 1.165) is 30.6 Å². The zero-order valence-electron chi connectivity index (χ0n) is 12.2. The summed E-state index contributed by atoms with van der Waals surface area (Å²) in [6.07, 6.45) is 5.47. The summed E-state index contributed by atoms with van der Waals surface area (Å²) in [4.78, 5) is 0. The molecule has 1 aliphatic carbocycles. The van der Waals surface area contributed by atoms with E-state index < -0.39 is 0 Å². The van der Waals surface area contributed by atoms with Crippen LogP contribution in [0.15, 0.2) is 5.03 Å². The minimum Gasteiger partial charge on any atom is -0.383 e. The van der Waals surface area contributed by atoms with Gasteiger partial charge in [0.25, 0.3) is 0 Å². The molecule has 1 fully saturated rings. The van der Waals surface area contributed by atoms with Gasteiger partial charge in [0, 0.05) is 38.1 Å². The maximum absolute atomic E-state index is 5.06. The molecule has 0 saturated heterocycles. The normalized spacial score (nSPS) is 16.4. The van der Waals surface area contributed by atoms with Crippen LogP contribution in [0.3, 0.4) is 0 Å². The van der Waals surface area contributed by atoms with Gasteiger partial charge in [0.1, 0.15) is 0 Å². The standard InChI is InChI=1S/C14H25N3OS/c1-11-13(10-15-8-9-18-3)14(17(2)16-11)19-12-6-4-5-7-12/h12,15H,4-10H2,1-3H3. The molecule has 0 unspecified atom stereocenters. The molecule has 0 atom stereocenters. The van der Waals surface area contributed by atoms with E-state index in [4.69, 9.17) is 4.74 Å². The Labute approximate surface area is 120 Å². The molecule has 0 amide bonds. The third-order valence-electron chi connectivity index (χ3n) is 3.65. The van der Waals surface area contributed by atoms with Crippen molar-refractivity contribution in [2.75, 3.05) is 20.3 Å². The van der Waals surface area contributed by atoms with Crippen LogP contribution in [0, 0.1) is 6.92 Å². The number of methoxy groups -OCH3 is 1. The van der Waals surface area contributed by atoms with Crippen molar-refractivity contribution in [3.8, 4) is 0 Å². The summed E-state index contributed by atoms with van der Waals surface area (Å²) < 4.78 is 7.11. The largest absolute Gasteiger partial charge is 0.383 e. The van der Waals surface area contributed by atoms with Crippen LogP contribution in [-0.2, 0) is 18.3 Å². The molecule has 19 heavy (non-hydrogen) atoms. The minimum absolute atomic E-state index is 0.754. The highest BCUT2D eigenvalue weighted by molar-refractivity contribution is 7.99. The van der Waals surface area contributed by atoms with Gasteiger partial charge in [0.15, 0.2) is 0 Å². The Balaban J connectivity index is 1.99. The first-order valence-corrected chi connectivity index (χ1v) is 7.99. The molecule has 0 aliphatic heterocycles. The predicted octanol–water partition coefficient (Wildman–Crippen LogP) is 2.50. The van der Waals surface area contributed by atoms with Gasteiger partial charge in [-0.05, 0) is 19.8 Å². The highest BCUT2D eigenvalue weighted by Crippen LogP contribution is 2.36. The van der Waals surface area contributed by atoms with Gasteiger partial charge in [0.2, 0.25) is 0 Å². The summed E-state index contributed by atoms with van der Waals surface area (Å²) >= 11 is 2.02. The Morgan fingerprint density at radius 2 is 2.16 bits per heavy atom. The molecule has 108 valence electrons. The lowest BCUT2D eigenvalue weighted by atomic mass is 10.2. The quantitative estimate of drug-likeness (QED) is 0.780. The number of aromatic nitrogens is 2. The summed E-state index contributed by atoms with van der Waals surface area (Å²) in [5, 5.41) is 10.1. The Morgan fingerprint density at radius 3 is 2.84 bits per heavy atom. The molecule has 0 radical (unpaired) electrons. The van der Waals surface area contributed by atoms with Crippen LogP contribution in [0.2, 0.25) is 0 Å². The number of nitrogens with one attached hydrogen (secondary N) is 1. The van der Waals surface area contributed by atoms with E-state index in [1.807, 2.05) is 16.4 Å². The predicted molar refractivity (Wildman–Crippen MR) is 79.6 cm³/mol. The Kier molecular flexibility index (Phi) is 5.73. The van der Waals surface area contributed by atoms with Gasteiger partial charge >= 0.3 is 0 Å². The fourth-order valence-electron chi connectivity index (χ4n) is 2.58. The smallest absolute Gasteiger partial charge is 0.0987 e. The van der Waals surface area contributed by atoms with Crippen LogP contribution in [0.5, 0.6) is 0 Å². The van der Waals surface area contributed by atoms with Gasteiger partial charge in [0.05, 0.1) is 17.3 Å². The van der Waals surface area contributed by atoms with Gasteiger partial charge < -0.3 is 10.1 Å². The van der Waals surface area contributed by atoms with Crippen molar-refractivity contribution in [1.29, 1.82) is 0 Å². The first-order chi connectivity index (χ1) is 9.22. The Hall–Kier alpha value is -0.520. The number of thioether (sulfide) groups is 1. The van der Waals surface area contributed by atoms with E-state index in [-0.39, 0.29) is 0 Å². The van der Waals surface area contributed by atoms with Crippen LogP contribution < -0.4 is 5.32 Å². The molecule has 0 spiro atoms. The van der Waals surface area contributed by atoms with Crippen LogP contribution in [0.25, 0.3) is 0 Å². The second-order valence-corrected chi connectivity index (χ2v) is 6.48. The molecule has 1 N–H and O–H groups in total. The molecule has 1 heterocycles. The molecule has 1 aliphatic rings. The third-order valence-corrected chi connectivity index (χ3v) is 5.19. The summed E-state index contributed by atoms with van der Waals surface area (Å²) in [6.45, 7) is 4.63. The number of hydrogen-bond acceptors (Lipinski definition) is 4. The van der Waals surface area contributed by atoms with Gasteiger partial charge in [-0.15, -0.1) is 11.8 Å². The van der Waals surface area contributed by atoms with Crippen molar-refractivity contribution in [3.63, 3.8) is 0 Å². The number of nitrogens with zero attached hydrogens (tertiary/aromatic N) is 2. The highest BCUT2D eigenvalue weighted by atomic mass is 32.2. The zero-order valence-corrected chi connectivity index (χ0v) is 13.1. The van der Waals surface area contributed by atoms with E-state index >= 15 is 0 Å². The van der Waals surface area contributed by atoms with Gasteiger partial charge in [-0.1, -0.05) is 12.8 Å². The first kappa shape index (κ1) is 14.9. The average molecular weight is 283 g/mol. The van der Waals surface area contributed by atoms with Crippen molar-refractivity contribution < 1.29 is 4.74 Å². The van der Waals surface area contributed by atoms with Crippen LogP contribution in [-0.4, -0.2) is 35.3 Å². The molecule has 2 rings (SSSR count). The molecule has 0 aromatic carbocycles. The van der Waals surface area contributed by atoms with Crippen molar-refractivity contribution in [1.82, 2.24) is 15.1 Å². The summed E-state index contributed by atoms with van der Waals surface area (Å²) in [6, 6.07) is 0. The lowest BCUT2D eigenvalue weighted by Crippen LogP contribution is -2.19. The molecule has 4 nitrogen and oxygen atoms in total. The Bertz CT molecular complexity index is 400. The zero-order chi connectivity index (χ0) is 13.7. The van der Waals surface area contributed by atoms with Crippen LogP contribution >= 0.6 is 11.8 Å². The first-order valence-electron chi connectivity index (χ1n) is 7.11. The van der Waals surface area contributed by atoms with E-state index in [1.165, 1.54) is 36.3 Å². The van der Waals surface area contributed by atoms with E-state index in [0.29, 0.717) is 0 Å². The SMILES string of the molecule is COCCNCc1c(C)nn(C)c1SC1CCCC1. The van der Waals surface area contributed by atoms with E-state index in [1.54, 1.807) is 7.11 Å².